The van der Waals surface area contributed by atoms with E-state index in [1.165, 1.54) is 36.1 Å². The van der Waals surface area contributed by atoms with Crippen LogP contribution < -0.4 is 5.56 Å². The lowest BCUT2D eigenvalue weighted by Crippen LogP contribution is -2.29. The van der Waals surface area contributed by atoms with Gasteiger partial charge in [0.25, 0.3) is 5.56 Å². The largest absolute Gasteiger partial charge is 0.476 e. The van der Waals surface area contributed by atoms with E-state index in [9.17, 15) is 9.59 Å². The summed E-state index contributed by atoms with van der Waals surface area (Å²) in [5.41, 5.74) is -0.263. The van der Waals surface area contributed by atoms with E-state index in [0.29, 0.717) is 18.4 Å². The first-order valence-corrected chi connectivity index (χ1v) is 6.45. The van der Waals surface area contributed by atoms with Crippen molar-refractivity contribution in [3.8, 4) is 0 Å². The predicted molar refractivity (Wildman–Crippen MR) is 64.4 cm³/mol. The van der Waals surface area contributed by atoms with Gasteiger partial charge in [-0.1, -0.05) is 6.42 Å². The highest BCUT2D eigenvalue weighted by atomic mass is 16.4. The number of hydrogen-bond acceptors (Lipinski definition) is 3. The van der Waals surface area contributed by atoms with Crippen LogP contribution in [0.4, 0.5) is 0 Å². The van der Waals surface area contributed by atoms with Gasteiger partial charge in [-0.25, -0.2) is 9.48 Å². The highest BCUT2D eigenvalue weighted by molar-refractivity contribution is 5.84. The average molecular weight is 248 g/mol. The molecular formula is C13H16N2O3. The van der Waals surface area contributed by atoms with Crippen LogP contribution in [-0.2, 0) is 6.54 Å². The topological polar surface area (TPSA) is 72.2 Å². The Kier molecular flexibility index (Phi) is 2.69. The Labute approximate surface area is 104 Å². The molecule has 5 nitrogen and oxygen atoms in total. The Morgan fingerprint density at radius 1 is 1.39 bits per heavy atom. The fraction of sp³-hybridized carbons (Fsp3) is 0.615. The molecule has 3 rings (SSSR count). The molecule has 2 aliphatic rings. The number of rotatable bonds is 3. The summed E-state index contributed by atoms with van der Waals surface area (Å²) in [6, 6.07) is 2.56. The second-order valence-corrected chi connectivity index (χ2v) is 5.48. The molecule has 2 saturated carbocycles. The van der Waals surface area contributed by atoms with E-state index in [4.69, 9.17) is 5.11 Å². The Morgan fingerprint density at radius 3 is 2.83 bits per heavy atom. The molecule has 5 heteroatoms. The lowest BCUT2D eigenvalue weighted by Gasteiger charge is -2.21. The van der Waals surface area contributed by atoms with Gasteiger partial charge < -0.3 is 5.11 Å². The minimum Gasteiger partial charge on any atom is -0.476 e. The first-order chi connectivity index (χ1) is 8.63. The van der Waals surface area contributed by atoms with Crippen LogP contribution in [0, 0.1) is 17.8 Å². The second-order valence-electron chi connectivity index (χ2n) is 5.48. The molecule has 1 heterocycles. The molecule has 0 aliphatic heterocycles. The molecule has 1 aromatic rings. The van der Waals surface area contributed by atoms with Gasteiger partial charge in [0.05, 0.1) is 0 Å². The zero-order chi connectivity index (χ0) is 12.7. The molecule has 2 fully saturated rings. The molecule has 96 valence electrons. The minimum atomic E-state index is -1.09. The smallest absolute Gasteiger partial charge is 0.356 e. The standard InChI is InChI=1S/C13H16N2O3/c16-12-4-3-11(13(17)18)14-15(12)7-10-6-8-1-2-9(10)5-8/h3-4,8-10H,1-2,5-7H2,(H,17,18). The van der Waals surface area contributed by atoms with Crippen molar-refractivity contribution in [3.05, 3.63) is 28.2 Å². The number of carboxylic acid groups (broad SMARTS) is 1. The second kappa shape index (κ2) is 4.23. The van der Waals surface area contributed by atoms with Gasteiger partial charge in [-0.3, -0.25) is 4.79 Å². The van der Waals surface area contributed by atoms with E-state index < -0.39 is 5.97 Å². The van der Waals surface area contributed by atoms with Gasteiger partial charge in [0.15, 0.2) is 5.69 Å². The van der Waals surface area contributed by atoms with Crippen molar-refractivity contribution in [1.82, 2.24) is 9.78 Å². The predicted octanol–water partition coefficient (Wildman–Crippen LogP) is 1.38. The number of hydrogen-bond donors (Lipinski definition) is 1. The van der Waals surface area contributed by atoms with Crippen LogP contribution in [0.3, 0.4) is 0 Å². The number of fused-ring (bicyclic) bond motifs is 2. The Hall–Kier alpha value is -1.65. The molecule has 2 bridgehead atoms. The van der Waals surface area contributed by atoms with E-state index >= 15 is 0 Å². The third-order valence-electron chi connectivity index (χ3n) is 4.38. The van der Waals surface area contributed by atoms with Gasteiger partial charge in [0.1, 0.15) is 0 Å². The zero-order valence-electron chi connectivity index (χ0n) is 10.1. The molecular weight excluding hydrogens is 232 g/mol. The van der Waals surface area contributed by atoms with E-state index in [0.717, 1.165) is 12.3 Å². The van der Waals surface area contributed by atoms with Crippen molar-refractivity contribution < 1.29 is 9.90 Å². The summed E-state index contributed by atoms with van der Waals surface area (Å²) in [6.07, 6.45) is 5.01. The van der Waals surface area contributed by atoms with Gasteiger partial charge in [0, 0.05) is 12.6 Å². The Morgan fingerprint density at radius 2 is 2.22 bits per heavy atom. The highest BCUT2D eigenvalue weighted by Gasteiger charge is 2.39. The van der Waals surface area contributed by atoms with Gasteiger partial charge >= 0.3 is 5.97 Å². The third kappa shape index (κ3) is 1.94. The summed E-state index contributed by atoms with van der Waals surface area (Å²) in [6.45, 7) is 0.571. The van der Waals surface area contributed by atoms with Crippen LogP contribution in [0.15, 0.2) is 16.9 Å². The van der Waals surface area contributed by atoms with Crippen molar-refractivity contribution in [2.45, 2.75) is 32.2 Å². The van der Waals surface area contributed by atoms with Crippen LogP contribution in [0.5, 0.6) is 0 Å². The summed E-state index contributed by atoms with van der Waals surface area (Å²) in [4.78, 5) is 22.5. The number of aromatic carboxylic acids is 1. The third-order valence-corrected chi connectivity index (χ3v) is 4.38. The van der Waals surface area contributed by atoms with Crippen LogP contribution in [0.25, 0.3) is 0 Å². The van der Waals surface area contributed by atoms with Crippen LogP contribution >= 0.6 is 0 Å². The number of carboxylic acids is 1. The molecule has 3 unspecified atom stereocenters. The van der Waals surface area contributed by atoms with Crippen LogP contribution in [0.1, 0.15) is 36.2 Å². The molecule has 0 aromatic carbocycles. The molecule has 0 radical (unpaired) electrons. The number of aromatic nitrogens is 2. The van der Waals surface area contributed by atoms with Crippen LogP contribution in [0.2, 0.25) is 0 Å². The van der Waals surface area contributed by atoms with Gasteiger partial charge in [-0.2, -0.15) is 5.10 Å². The first-order valence-electron chi connectivity index (χ1n) is 6.45. The van der Waals surface area contributed by atoms with Crippen molar-refractivity contribution in [1.29, 1.82) is 0 Å². The first kappa shape index (κ1) is 11.4. The lowest BCUT2D eigenvalue weighted by molar-refractivity contribution is 0.0686. The van der Waals surface area contributed by atoms with Gasteiger partial charge in [0.2, 0.25) is 0 Å². The summed E-state index contributed by atoms with van der Waals surface area (Å²) in [5.74, 6) is 0.935. The minimum absolute atomic E-state index is 0.0576. The van der Waals surface area contributed by atoms with Gasteiger partial charge in [-0.05, 0) is 43.1 Å². The van der Waals surface area contributed by atoms with Crippen LogP contribution in [-0.4, -0.2) is 20.9 Å². The Balaban J connectivity index is 1.82. The maximum Gasteiger partial charge on any atom is 0.356 e. The fourth-order valence-electron chi connectivity index (χ4n) is 3.52. The number of nitrogens with zero attached hydrogens (tertiary/aromatic N) is 2. The molecule has 0 amide bonds. The van der Waals surface area contributed by atoms with Crippen molar-refractivity contribution in [2.75, 3.05) is 0 Å². The summed E-state index contributed by atoms with van der Waals surface area (Å²) >= 11 is 0. The van der Waals surface area contributed by atoms with Gasteiger partial charge in [-0.15, -0.1) is 0 Å². The normalized spacial score (nSPS) is 29.7. The quantitative estimate of drug-likeness (QED) is 0.877. The SMILES string of the molecule is O=C(O)c1ccc(=O)n(CC2CC3CCC2C3)n1. The summed E-state index contributed by atoms with van der Waals surface area (Å²) < 4.78 is 1.33. The van der Waals surface area contributed by atoms with E-state index in [1.54, 1.807) is 0 Å². The summed E-state index contributed by atoms with van der Waals surface area (Å²) in [5, 5.41) is 12.8. The molecule has 2 aliphatic carbocycles. The number of carbonyl (C=O) groups is 1. The molecule has 18 heavy (non-hydrogen) atoms. The lowest BCUT2D eigenvalue weighted by atomic mass is 9.89. The molecule has 0 saturated heterocycles. The van der Waals surface area contributed by atoms with E-state index in [2.05, 4.69) is 5.10 Å². The monoisotopic (exact) mass is 248 g/mol. The molecule has 1 N–H and O–H groups in total. The molecule has 1 aromatic heterocycles. The van der Waals surface area contributed by atoms with E-state index in [-0.39, 0.29) is 11.3 Å². The van der Waals surface area contributed by atoms with Crippen molar-refractivity contribution >= 4 is 5.97 Å². The van der Waals surface area contributed by atoms with Crippen molar-refractivity contribution in [2.24, 2.45) is 17.8 Å². The fourth-order valence-corrected chi connectivity index (χ4v) is 3.52. The van der Waals surface area contributed by atoms with E-state index in [1.807, 2.05) is 0 Å². The molecule has 0 spiro atoms. The zero-order valence-corrected chi connectivity index (χ0v) is 10.1. The Bertz CT molecular complexity index is 537. The molecule has 3 atom stereocenters. The average Bonchev–Trinajstić information content (AvgIpc) is 2.93. The maximum absolute atomic E-state index is 11.7. The maximum atomic E-state index is 11.7. The highest BCUT2D eigenvalue weighted by Crippen LogP contribution is 2.48. The summed E-state index contributed by atoms with van der Waals surface area (Å²) in [7, 11) is 0. The van der Waals surface area contributed by atoms with Crippen molar-refractivity contribution in [3.63, 3.8) is 0 Å².